The van der Waals surface area contributed by atoms with Gasteiger partial charge in [0.15, 0.2) is 0 Å². The van der Waals surface area contributed by atoms with Gasteiger partial charge in [-0.3, -0.25) is 0 Å². The Labute approximate surface area is 84.5 Å². The molecule has 1 rings (SSSR count). The number of nitrogens with two attached hydrogens (primary N) is 1. The highest BCUT2D eigenvalue weighted by Crippen LogP contribution is 2.18. The third kappa shape index (κ3) is 3.01. The quantitative estimate of drug-likeness (QED) is 0.764. The minimum atomic E-state index is -0.328. The first kappa shape index (κ1) is 11.0. The Bertz CT molecular complexity index is 286. The van der Waals surface area contributed by atoms with Crippen LogP contribution in [-0.2, 0) is 0 Å². The van der Waals surface area contributed by atoms with Crippen LogP contribution in [0.1, 0.15) is 25.5 Å². The van der Waals surface area contributed by atoms with Crippen LogP contribution in [0.2, 0.25) is 0 Å². The Morgan fingerprint density at radius 1 is 1.43 bits per heavy atom. The highest BCUT2D eigenvalue weighted by molar-refractivity contribution is 5.30. The maximum Gasteiger partial charge on any atom is 0.120 e. The molecule has 3 nitrogen and oxygen atoms in total. The molecule has 78 valence electrons. The van der Waals surface area contributed by atoms with Crippen LogP contribution in [0, 0.1) is 0 Å². The lowest BCUT2D eigenvalue weighted by Gasteiger charge is -2.13. The average molecular weight is 195 g/mol. The molecule has 3 heteroatoms. The monoisotopic (exact) mass is 195 g/mol. The Balaban J connectivity index is 2.78. The molecule has 0 bridgehead atoms. The SMILES string of the molecule is CC(C)Oc1cccc(C(N)CO)c1. The van der Waals surface area contributed by atoms with E-state index in [1.54, 1.807) is 0 Å². The number of aliphatic hydroxyl groups excluding tert-OH is 1. The lowest BCUT2D eigenvalue weighted by Crippen LogP contribution is -2.14. The highest BCUT2D eigenvalue weighted by atomic mass is 16.5. The van der Waals surface area contributed by atoms with Crippen molar-refractivity contribution in [1.29, 1.82) is 0 Å². The van der Waals surface area contributed by atoms with E-state index in [4.69, 9.17) is 15.6 Å². The number of aliphatic hydroxyl groups is 1. The second-order valence-electron chi connectivity index (χ2n) is 3.53. The average Bonchev–Trinajstić information content (AvgIpc) is 2.16. The van der Waals surface area contributed by atoms with E-state index in [1.807, 2.05) is 38.1 Å². The van der Waals surface area contributed by atoms with Gasteiger partial charge >= 0.3 is 0 Å². The molecule has 0 aliphatic rings. The Hall–Kier alpha value is -1.06. The number of ether oxygens (including phenoxy) is 1. The summed E-state index contributed by atoms with van der Waals surface area (Å²) in [6, 6.07) is 7.18. The van der Waals surface area contributed by atoms with E-state index >= 15 is 0 Å². The predicted molar refractivity (Wildman–Crippen MR) is 56.2 cm³/mol. The van der Waals surface area contributed by atoms with E-state index < -0.39 is 0 Å². The van der Waals surface area contributed by atoms with Crippen molar-refractivity contribution < 1.29 is 9.84 Å². The predicted octanol–water partition coefficient (Wildman–Crippen LogP) is 1.47. The van der Waals surface area contributed by atoms with E-state index in [9.17, 15) is 0 Å². The Morgan fingerprint density at radius 3 is 2.71 bits per heavy atom. The van der Waals surface area contributed by atoms with Crippen molar-refractivity contribution in [1.82, 2.24) is 0 Å². The minimum Gasteiger partial charge on any atom is -0.491 e. The highest BCUT2D eigenvalue weighted by Gasteiger charge is 2.05. The lowest BCUT2D eigenvalue weighted by atomic mass is 10.1. The second-order valence-corrected chi connectivity index (χ2v) is 3.53. The van der Waals surface area contributed by atoms with Crippen LogP contribution in [0.15, 0.2) is 24.3 Å². The molecule has 0 fully saturated rings. The van der Waals surface area contributed by atoms with E-state index in [1.165, 1.54) is 0 Å². The van der Waals surface area contributed by atoms with Gasteiger partial charge in [-0.15, -0.1) is 0 Å². The molecule has 1 aromatic rings. The molecule has 0 spiro atoms. The van der Waals surface area contributed by atoms with Crippen LogP contribution in [0.4, 0.5) is 0 Å². The molecule has 0 saturated carbocycles. The molecule has 0 aromatic heterocycles. The van der Waals surface area contributed by atoms with Gasteiger partial charge in [-0.1, -0.05) is 12.1 Å². The molecule has 0 aliphatic heterocycles. The molecule has 0 radical (unpaired) electrons. The van der Waals surface area contributed by atoms with Gasteiger partial charge in [-0.05, 0) is 31.5 Å². The normalized spacial score (nSPS) is 12.9. The molecular weight excluding hydrogens is 178 g/mol. The van der Waals surface area contributed by atoms with Crippen molar-refractivity contribution in [2.75, 3.05) is 6.61 Å². The minimum absolute atomic E-state index is 0.0505. The smallest absolute Gasteiger partial charge is 0.120 e. The summed E-state index contributed by atoms with van der Waals surface area (Å²) >= 11 is 0. The fourth-order valence-corrected chi connectivity index (χ4v) is 1.20. The molecule has 1 atom stereocenters. The number of hydrogen-bond acceptors (Lipinski definition) is 3. The van der Waals surface area contributed by atoms with Crippen molar-refractivity contribution in [2.24, 2.45) is 5.73 Å². The molecule has 14 heavy (non-hydrogen) atoms. The fourth-order valence-electron chi connectivity index (χ4n) is 1.20. The molecule has 3 N–H and O–H groups in total. The summed E-state index contributed by atoms with van der Waals surface area (Å²) in [5, 5.41) is 8.90. The van der Waals surface area contributed by atoms with E-state index in [0.717, 1.165) is 11.3 Å². The van der Waals surface area contributed by atoms with Crippen molar-refractivity contribution in [3.8, 4) is 5.75 Å². The van der Waals surface area contributed by atoms with Crippen LogP contribution in [0.3, 0.4) is 0 Å². The third-order valence-electron chi connectivity index (χ3n) is 1.85. The van der Waals surface area contributed by atoms with Crippen LogP contribution in [0.25, 0.3) is 0 Å². The zero-order chi connectivity index (χ0) is 10.6. The van der Waals surface area contributed by atoms with Crippen molar-refractivity contribution in [3.63, 3.8) is 0 Å². The van der Waals surface area contributed by atoms with Crippen molar-refractivity contribution in [3.05, 3.63) is 29.8 Å². The zero-order valence-corrected chi connectivity index (χ0v) is 8.60. The maximum absolute atomic E-state index is 8.90. The summed E-state index contributed by atoms with van der Waals surface area (Å²) in [7, 11) is 0. The van der Waals surface area contributed by atoms with Crippen LogP contribution in [0.5, 0.6) is 5.75 Å². The van der Waals surface area contributed by atoms with Crippen molar-refractivity contribution in [2.45, 2.75) is 26.0 Å². The summed E-state index contributed by atoms with van der Waals surface area (Å²) in [6.45, 7) is 3.89. The third-order valence-corrected chi connectivity index (χ3v) is 1.85. The summed E-state index contributed by atoms with van der Waals surface area (Å²) < 4.78 is 5.51. The molecule has 0 heterocycles. The number of hydrogen-bond donors (Lipinski definition) is 2. The zero-order valence-electron chi connectivity index (χ0n) is 8.60. The topological polar surface area (TPSA) is 55.5 Å². The van der Waals surface area contributed by atoms with Gasteiger partial charge in [0.25, 0.3) is 0 Å². The van der Waals surface area contributed by atoms with E-state index in [0.29, 0.717) is 0 Å². The van der Waals surface area contributed by atoms with Gasteiger partial charge in [-0.25, -0.2) is 0 Å². The molecule has 0 aliphatic carbocycles. The summed E-state index contributed by atoms with van der Waals surface area (Å²) in [6.07, 6.45) is 0.149. The largest absolute Gasteiger partial charge is 0.491 e. The van der Waals surface area contributed by atoms with Crippen LogP contribution >= 0.6 is 0 Å². The first-order valence-electron chi connectivity index (χ1n) is 4.76. The van der Waals surface area contributed by atoms with Crippen LogP contribution in [-0.4, -0.2) is 17.8 Å². The van der Waals surface area contributed by atoms with Crippen molar-refractivity contribution >= 4 is 0 Å². The van der Waals surface area contributed by atoms with E-state index in [2.05, 4.69) is 0 Å². The van der Waals surface area contributed by atoms with Gasteiger partial charge in [0.1, 0.15) is 5.75 Å². The summed E-state index contributed by atoms with van der Waals surface area (Å²) in [5.41, 5.74) is 6.58. The molecular formula is C11H17NO2. The second kappa shape index (κ2) is 4.98. The van der Waals surface area contributed by atoms with Gasteiger partial charge in [-0.2, -0.15) is 0 Å². The van der Waals surface area contributed by atoms with Gasteiger partial charge in [0.05, 0.1) is 18.8 Å². The van der Waals surface area contributed by atoms with Crippen LogP contribution < -0.4 is 10.5 Å². The molecule has 1 aromatic carbocycles. The summed E-state index contributed by atoms with van der Waals surface area (Å²) in [4.78, 5) is 0. The molecule has 0 amide bonds. The first-order valence-corrected chi connectivity index (χ1v) is 4.76. The number of rotatable bonds is 4. The van der Waals surface area contributed by atoms with Gasteiger partial charge < -0.3 is 15.6 Å². The Kier molecular flexibility index (Phi) is 3.92. The van der Waals surface area contributed by atoms with Gasteiger partial charge in [0.2, 0.25) is 0 Å². The summed E-state index contributed by atoms with van der Waals surface area (Å²) in [5.74, 6) is 0.793. The molecule has 1 unspecified atom stereocenters. The standard InChI is InChI=1S/C11H17NO2/c1-8(2)14-10-5-3-4-9(6-10)11(12)7-13/h3-6,8,11,13H,7,12H2,1-2H3. The maximum atomic E-state index is 8.90. The number of benzene rings is 1. The molecule has 0 saturated heterocycles. The fraction of sp³-hybridized carbons (Fsp3) is 0.455. The lowest BCUT2D eigenvalue weighted by molar-refractivity contribution is 0.241. The van der Waals surface area contributed by atoms with Gasteiger partial charge in [0, 0.05) is 0 Å². The van der Waals surface area contributed by atoms with E-state index in [-0.39, 0.29) is 18.8 Å². The Morgan fingerprint density at radius 2 is 2.14 bits per heavy atom. The first-order chi connectivity index (χ1) is 6.63.